The van der Waals surface area contributed by atoms with Crippen molar-refractivity contribution in [3.63, 3.8) is 0 Å². The van der Waals surface area contributed by atoms with Gasteiger partial charge in [-0.2, -0.15) is 4.31 Å². The molecule has 2 saturated heterocycles. The molecule has 2 aromatic carbocycles. The number of fused-ring (bicyclic) bond motifs is 2. The first kappa shape index (κ1) is 22.1. The topological polar surface area (TPSA) is 79.0 Å². The van der Waals surface area contributed by atoms with Crippen LogP contribution in [0.1, 0.15) is 12.8 Å². The number of carbonyl (C=O) groups is 1. The minimum Gasteiger partial charge on any atom is -0.496 e. The maximum Gasteiger partial charge on any atom is 0.244 e. The Labute approximate surface area is 194 Å². The number of carbonyl (C=O) groups excluding carboxylic acids is 1. The normalized spacial score (nSPS) is 23.4. The van der Waals surface area contributed by atoms with Crippen LogP contribution in [0.5, 0.6) is 5.75 Å². The van der Waals surface area contributed by atoms with Crippen molar-refractivity contribution in [3.05, 3.63) is 60.2 Å². The minimum absolute atomic E-state index is 0.102. The third-order valence-corrected chi connectivity index (χ3v) is 8.86. The lowest BCUT2D eigenvalue weighted by Gasteiger charge is -2.28. The summed E-state index contributed by atoms with van der Waals surface area (Å²) in [6.45, 7) is 3.32. The Balaban J connectivity index is 1.48. The first-order valence-corrected chi connectivity index (χ1v) is 12.9. The number of nitrogens with one attached hydrogen (secondary N) is 1. The predicted molar refractivity (Wildman–Crippen MR) is 128 cm³/mol. The van der Waals surface area contributed by atoms with E-state index in [1.165, 1.54) is 0 Å². The van der Waals surface area contributed by atoms with E-state index in [4.69, 9.17) is 4.74 Å². The molecular weight excluding hydrogens is 438 g/mol. The summed E-state index contributed by atoms with van der Waals surface area (Å²) in [5.41, 5.74) is 1.04. The molecule has 0 aromatic heterocycles. The number of rotatable bonds is 5. The van der Waals surface area contributed by atoms with E-state index >= 15 is 0 Å². The zero-order chi connectivity index (χ0) is 23.0. The van der Waals surface area contributed by atoms with Gasteiger partial charge in [0.25, 0.3) is 0 Å². The van der Waals surface area contributed by atoms with Gasteiger partial charge in [-0.3, -0.25) is 4.79 Å². The zero-order valence-electron chi connectivity index (χ0n) is 18.7. The van der Waals surface area contributed by atoms with Crippen LogP contribution >= 0.6 is 0 Å². The number of piperazine rings is 1. The number of allylic oxidation sites excluding steroid dienone is 2. The molecule has 0 radical (unpaired) electrons. The first-order chi connectivity index (χ1) is 16.0. The SMILES string of the molecule is COc1ccc(S(=O)(=O)N2CC(CC(=O)N3CCNCC3)C3=CC=CCC32)c2ccccc12. The second-order valence-corrected chi connectivity index (χ2v) is 10.6. The second kappa shape index (κ2) is 8.93. The fourth-order valence-corrected chi connectivity index (χ4v) is 7.12. The number of hydrogen-bond acceptors (Lipinski definition) is 5. The van der Waals surface area contributed by atoms with Crippen molar-refractivity contribution in [2.45, 2.75) is 23.8 Å². The van der Waals surface area contributed by atoms with Gasteiger partial charge in [-0.15, -0.1) is 0 Å². The summed E-state index contributed by atoms with van der Waals surface area (Å²) in [6, 6.07) is 10.5. The third-order valence-electron chi connectivity index (χ3n) is 6.93. The molecule has 0 bridgehead atoms. The molecule has 3 aliphatic rings. The molecule has 0 spiro atoms. The molecule has 2 fully saturated rings. The molecule has 1 amide bonds. The minimum atomic E-state index is -3.79. The lowest BCUT2D eigenvalue weighted by molar-refractivity contribution is -0.132. The Kier molecular flexibility index (Phi) is 5.99. The van der Waals surface area contributed by atoms with Crippen molar-refractivity contribution in [2.24, 2.45) is 5.92 Å². The van der Waals surface area contributed by atoms with Crippen LogP contribution in [0.3, 0.4) is 0 Å². The molecular formula is C25H29N3O4S. The number of sulfonamides is 1. The molecule has 2 unspecified atom stereocenters. The summed E-state index contributed by atoms with van der Waals surface area (Å²) in [5, 5.41) is 4.68. The van der Waals surface area contributed by atoms with Gasteiger partial charge in [0.15, 0.2) is 0 Å². The monoisotopic (exact) mass is 467 g/mol. The number of benzene rings is 2. The fraction of sp³-hybridized carbons (Fsp3) is 0.400. The van der Waals surface area contributed by atoms with Gasteiger partial charge >= 0.3 is 0 Å². The standard InChI is InChI=1S/C25H29N3O4S/c1-32-23-10-11-24(21-8-3-2-7-20(21)23)33(30,31)28-17-18(19-6-4-5-9-22(19)28)16-25(29)27-14-12-26-13-15-27/h2-8,10-11,18,22,26H,9,12-17H2,1H3. The van der Waals surface area contributed by atoms with Crippen molar-refractivity contribution < 1.29 is 17.9 Å². The van der Waals surface area contributed by atoms with Gasteiger partial charge in [-0.05, 0) is 24.1 Å². The number of methoxy groups -OCH3 is 1. The largest absolute Gasteiger partial charge is 0.496 e. The highest BCUT2D eigenvalue weighted by Gasteiger charge is 2.45. The lowest BCUT2D eigenvalue weighted by atomic mass is 9.90. The Morgan fingerprint density at radius 3 is 2.64 bits per heavy atom. The Morgan fingerprint density at radius 2 is 1.88 bits per heavy atom. The summed E-state index contributed by atoms with van der Waals surface area (Å²) in [5.74, 6) is 0.637. The molecule has 8 heteroatoms. The van der Waals surface area contributed by atoms with Gasteiger partial charge in [0.05, 0.1) is 18.0 Å². The van der Waals surface area contributed by atoms with E-state index in [1.807, 2.05) is 47.4 Å². The maximum atomic E-state index is 14.0. The summed E-state index contributed by atoms with van der Waals surface area (Å²) >= 11 is 0. The van der Waals surface area contributed by atoms with Crippen LogP contribution in [0.2, 0.25) is 0 Å². The summed E-state index contributed by atoms with van der Waals surface area (Å²) in [6.07, 6.45) is 6.95. The number of hydrogen-bond donors (Lipinski definition) is 1. The van der Waals surface area contributed by atoms with E-state index in [-0.39, 0.29) is 22.8 Å². The highest BCUT2D eigenvalue weighted by atomic mass is 32.2. The van der Waals surface area contributed by atoms with Crippen molar-refractivity contribution >= 4 is 26.7 Å². The maximum absolute atomic E-state index is 14.0. The van der Waals surface area contributed by atoms with Crippen LogP contribution in [-0.2, 0) is 14.8 Å². The van der Waals surface area contributed by atoms with Crippen molar-refractivity contribution in [3.8, 4) is 5.75 Å². The molecule has 1 aliphatic carbocycles. The molecule has 5 rings (SSSR count). The Bertz CT molecular complexity index is 1230. The van der Waals surface area contributed by atoms with Crippen molar-refractivity contribution in [1.82, 2.24) is 14.5 Å². The molecule has 174 valence electrons. The van der Waals surface area contributed by atoms with Crippen LogP contribution in [0.15, 0.2) is 65.1 Å². The Hall–Kier alpha value is -2.68. The first-order valence-electron chi connectivity index (χ1n) is 11.4. The molecule has 0 saturated carbocycles. The summed E-state index contributed by atoms with van der Waals surface area (Å²) in [7, 11) is -2.20. The third kappa shape index (κ3) is 3.96. The Morgan fingerprint density at radius 1 is 1.12 bits per heavy atom. The van der Waals surface area contributed by atoms with Gasteiger partial charge < -0.3 is 15.0 Å². The molecule has 33 heavy (non-hydrogen) atoms. The number of nitrogens with zero attached hydrogens (tertiary/aromatic N) is 2. The fourth-order valence-electron chi connectivity index (χ4n) is 5.25. The highest BCUT2D eigenvalue weighted by molar-refractivity contribution is 7.89. The van der Waals surface area contributed by atoms with Gasteiger partial charge in [0, 0.05) is 55.8 Å². The number of ether oxygens (including phenoxy) is 1. The van der Waals surface area contributed by atoms with E-state index in [0.29, 0.717) is 43.6 Å². The molecule has 2 aromatic rings. The van der Waals surface area contributed by atoms with Crippen molar-refractivity contribution in [2.75, 3.05) is 39.8 Å². The van der Waals surface area contributed by atoms with Gasteiger partial charge in [-0.1, -0.05) is 42.5 Å². The molecule has 2 aliphatic heterocycles. The number of amides is 1. The van der Waals surface area contributed by atoms with E-state index in [9.17, 15) is 13.2 Å². The average molecular weight is 468 g/mol. The van der Waals surface area contributed by atoms with Gasteiger partial charge in [0.1, 0.15) is 5.75 Å². The van der Waals surface area contributed by atoms with Crippen LogP contribution in [-0.4, -0.2) is 69.4 Å². The molecule has 1 N–H and O–H groups in total. The van der Waals surface area contributed by atoms with Gasteiger partial charge in [-0.25, -0.2) is 8.42 Å². The van der Waals surface area contributed by atoms with E-state index in [1.54, 1.807) is 23.5 Å². The predicted octanol–water partition coefficient (Wildman–Crippen LogP) is 2.55. The van der Waals surface area contributed by atoms with Crippen molar-refractivity contribution in [1.29, 1.82) is 0 Å². The second-order valence-electron chi connectivity index (χ2n) is 8.76. The van der Waals surface area contributed by atoms with E-state index in [0.717, 1.165) is 24.0 Å². The van der Waals surface area contributed by atoms with Crippen LogP contribution in [0.25, 0.3) is 10.8 Å². The van der Waals surface area contributed by atoms with Crippen LogP contribution < -0.4 is 10.1 Å². The lowest BCUT2D eigenvalue weighted by Crippen LogP contribution is -2.47. The highest BCUT2D eigenvalue weighted by Crippen LogP contribution is 2.41. The zero-order valence-corrected chi connectivity index (χ0v) is 19.6. The van der Waals surface area contributed by atoms with Gasteiger partial charge in [0.2, 0.25) is 15.9 Å². The average Bonchev–Trinajstić information content (AvgIpc) is 3.23. The summed E-state index contributed by atoms with van der Waals surface area (Å²) in [4.78, 5) is 15.1. The smallest absolute Gasteiger partial charge is 0.244 e. The van der Waals surface area contributed by atoms with Crippen LogP contribution in [0, 0.1) is 5.92 Å². The summed E-state index contributed by atoms with van der Waals surface area (Å²) < 4.78 is 35.0. The molecule has 7 nitrogen and oxygen atoms in total. The molecule has 2 heterocycles. The van der Waals surface area contributed by atoms with E-state index < -0.39 is 10.0 Å². The van der Waals surface area contributed by atoms with Crippen LogP contribution in [0.4, 0.5) is 0 Å². The quantitative estimate of drug-likeness (QED) is 0.731. The molecule has 2 atom stereocenters. The van der Waals surface area contributed by atoms with E-state index in [2.05, 4.69) is 5.32 Å².